The molecule has 2 aromatic rings. The summed E-state index contributed by atoms with van der Waals surface area (Å²) in [6.45, 7) is 5.36. The Morgan fingerprint density at radius 1 is 1.53 bits per heavy atom. The molecule has 0 aliphatic heterocycles. The third kappa shape index (κ3) is 2.97. The molecule has 0 fully saturated rings. The van der Waals surface area contributed by atoms with Crippen molar-refractivity contribution in [3.63, 3.8) is 0 Å². The zero-order valence-electron chi connectivity index (χ0n) is 10.4. The number of rotatable bonds is 6. The SMILES string of the molecule is CCCCNC(C)c1cc(-c2ccco2)n[nH]1. The molecule has 0 aromatic carbocycles. The number of furan rings is 1. The lowest BCUT2D eigenvalue weighted by atomic mass is 10.2. The van der Waals surface area contributed by atoms with Gasteiger partial charge < -0.3 is 9.73 Å². The molecular formula is C13H19N3O. The van der Waals surface area contributed by atoms with E-state index in [0.717, 1.165) is 23.7 Å². The van der Waals surface area contributed by atoms with Gasteiger partial charge in [0.1, 0.15) is 5.69 Å². The van der Waals surface area contributed by atoms with Gasteiger partial charge in [0.15, 0.2) is 5.76 Å². The maximum absolute atomic E-state index is 5.31. The first-order valence-electron chi connectivity index (χ1n) is 6.14. The third-order valence-corrected chi connectivity index (χ3v) is 2.82. The van der Waals surface area contributed by atoms with Gasteiger partial charge in [0.2, 0.25) is 0 Å². The van der Waals surface area contributed by atoms with Crippen molar-refractivity contribution in [3.8, 4) is 11.5 Å². The van der Waals surface area contributed by atoms with Crippen molar-refractivity contribution in [2.45, 2.75) is 32.7 Å². The van der Waals surface area contributed by atoms with Crippen molar-refractivity contribution in [3.05, 3.63) is 30.2 Å². The van der Waals surface area contributed by atoms with Gasteiger partial charge >= 0.3 is 0 Å². The highest BCUT2D eigenvalue weighted by Crippen LogP contribution is 2.20. The van der Waals surface area contributed by atoms with E-state index in [0.29, 0.717) is 0 Å². The molecule has 0 radical (unpaired) electrons. The predicted octanol–water partition coefficient (Wildman–Crippen LogP) is 3.12. The molecule has 0 aliphatic carbocycles. The average Bonchev–Trinajstić information content (AvgIpc) is 3.00. The fraction of sp³-hybridized carbons (Fsp3) is 0.462. The van der Waals surface area contributed by atoms with E-state index in [1.807, 2.05) is 18.2 Å². The van der Waals surface area contributed by atoms with Gasteiger partial charge in [-0.15, -0.1) is 0 Å². The first-order valence-corrected chi connectivity index (χ1v) is 6.14. The second-order valence-corrected chi connectivity index (χ2v) is 4.22. The molecule has 2 aromatic heterocycles. The average molecular weight is 233 g/mol. The van der Waals surface area contributed by atoms with Gasteiger partial charge in [-0.05, 0) is 38.1 Å². The van der Waals surface area contributed by atoms with E-state index in [4.69, 9.17) is 4.42 Å². The molecule has 1 unspecified atom stereocenters. The van der Waals surface area contributed by atoms with Crippen LogP contribution < -0.4 is 5.32 Å². The van der Waals surface area contributed by atoms with Gasteiger partial charge in [-0.25, -0.2) is 0 Å². The molecule has 2 rings (SSSR count). The molecule has 0 bridgehead atoms. The maximum atomic E-state index is 5.31. The van der Waals surface area contributed by atoms with Crippen LogP contribution in [0.25, 0.3) is 11.5 Å². The Balaban J connectivity index is 1.98. The number of aromatic amines is 1. The minimum absolute atomic E-state index is 0.290. The molecule has 0 aliphatic rings. The lowest BCUT2D eigenvalue weighted by molar-refractivity contribution is 0.543. The molecule has 92 valence electrons. The van der Waals surface area contributed by atoms with Crippen molar-refractivity contribution in [2.24, 2.45) is 0 Å². The quantitative estimate of drug-likeness (QED) is 0.754. The predicted molar refractivity (Wildman–Crippen MR) is 67.6 cm³/mol. The van der Waals surface area contributed by atoms with Crippen molar-refractivity contribution >= 4 is 0 Å². The largest absolute Gasteiger partial charge is 0.463 e. The van der Waals surface area contributed by atoms with Gasteiger partial charge in [0.25, 0.3) is 0 Å². The Morgan fingerprint density at radius 3 is 3.12 bits per heavy atom. The molecule has 0 spiro atoms. The standard InChI is InChI=1S/C13H19N3O/c1-3-4-7-14-10(2)11-9-12(16-15-11)13-6-5-8-17-13/h5-6,8-10,14H,3-4,7H2,1-2H3,(H,15,16). The Hall–Kier alpha value is -1.55. The number of nitrogens with zero attached hydrogens (tertiary/aromatic N) is 1. The monoisotopic (exact) mass is 233 g/mol. The Morgan fingerprint density at radius 2 is 2.41 bits per heavy atom. The fourth-order valence-corrected chi connectivity index (χ4v) is 1.71. The van der Waals surface area contributed by atoms with Crippen molar-refractivity contribution in [1.82, 2.24) is 15.5 Å². The second kappa shape index (κ2) is 5.68. The van der Waals surface area contributed by atoms with Crippen LogP contribution in [0.4, 0.5) is 0 Å². The summed E-state index contributed by atoms with van der Waals surface area (Å²) in [4.78, 5) is 0. The van der Waals surface area contributed by atoms with E-state index in [2.05, 4.69) is 29.4 Å². The number of H-pyrrole nitrogens is 1. The number of nitrogens with one attached hydrogen (secondary N) is 2. The summed E-state index contributed by atoms with van der Waals surface area (Å²) in [5, 5.41) is 10.8. The van der Waals surface area contributed by atoms with Gasteiger partial charge in [-0.1, -0.05) is 13.3 Å². The summed E-state index contributed by atoms with van der Waals surface area (Å²) in [6, 6.07) is 6.10. The minimum atomic E-state index is 0.290. The van der Waals surface area contributed by atoms with E-state index < -0.39 is 0 Å². The molecule has 0 saturated carbocycles. The van der Waals surface area contributed by atoms with Crippen LogP contribution in [0.15, 0.2) is 28.9 Å². The smallest absolute Gasteiger partial charge is 0.154 e. The van der Waals surface area contributed by atoms with Crippen LogP contribution in [0.3, 0.4) is 0 Å². The van der Waals surface area contributed by atoms with E-state index in [1.165, 1.54) is 12.8 Å². The van der Waals surface area contributed by atoms with Gasteiger partial charge in [-0.3, -0.25) is 5.10 Å². The van der Waals surface area contributed by atoms with Crippen LogP contribution in [-0.4, -0.2) is 16.7 Å². The first-order chi connectivity index (χ1) is 8.31. The highest BCUT2D eigenvalue weighted by Gasteiger charge is 2.10. The normalized spacial score (nSPS) is 12.8. The Bertz CT molecular complexity index is 433. The van der Waals surface area contributed by atoms with Crippen molar-refractivity contribution < 1.29 is 4.42 Å². The molecule has 1 atom stereocenters. The molecule has 4 heteroatoms. The maximum Gasteiger partial charge on any atom is 0.154 e. The minimum Gasteiger partial charge on any atom is -0.463 e. The molecule has 0 saturated heterocycles. The van der Waals surface area contributed by atoms with E-state index >= 15 is 0 Å². The zero-order chi connectivity index (χ0) is 12.1. The summed E-state index contributed by atoms with van der Waals surface area (Å²) in [6.07, 6.45) is 4.07. The number of aromatic nitrogens is 2. The van der Waals surface area contributed by atoms with Crippen LogP contribution >= 0.6 is 0 Å². The highest BCUT2D eigenvalue weighted by molar-refractivity contribution is 5.51. The fourth-order valence-electron chi connectivity index (χ4n) is 1.71. The molecule has 2 N–H and O–H groups in total. The summed E-state index contributed by atoms with van der Waals surface area (Å²) in [5.41, 5.74) is 1.95. The third-order valence-electron chi connectivity index (χ3n) is 2.82. The van der Waals surface area contributed by atoms with Crippen LogP contribution in [0.1, 0.15) is 38.4 Å². The summed E-state index contributed by atoms with van der Waals surface area (Å²) in [7, 11) is 0. The van der Waals surface area contributed by atoms with E-state index in [1.54, 1.807) is 6.26 Å². The van der Waals surface area contributed by atoms with Gasteiger partial charge in [-0.2, -0.15) is 5.10 Å². The molecule has 17 heavy (non-hydrogen) atoms. The Kier molecular flexibility index (Phi) is 3.98. The lowest BCUT2D eigenvalue weighted by Gasteiger charge is -2.10. The van der Waals surface area contributed by atoms with Gasteiger partial charge in [0, 0.05) is 6.04 Å². The van der Waals surface area contributed by atoms with E-state index in [-0.39, 0.29) is 6.04 Å². The number of hydrogen-bond donors (Lipinski definition) is 2. The molecule has 2 heterocycles. The first kappa shape index (κ1) is 11.9. The van der Waals surface area contributed by atoms with Gasteiger partial charge in [0.05, 0.1) is 12.0 Å². The molecular weight excluding hydrogens is 214 g/mol. The summed E-state index contributed by atoms with van der Waals surface area (Å²) < 4.78 is 5.31. The lowest BCUT2D eigenvalue weighted by Crippen LogP contribution is -2.19. The second-order valence-electron chi connectivity index (χ2n) is 4.22. The van der Waals surface area contributed by atoms with Crippen LogP contribution in [0.2, 0.25) is 0 Å². The summed E-state index contributed by atoms with van der Waals surface area (Å²) >= 11 is 0. The topological polar surface area (TPSA) is 53.9 Å². The Labute approximate surface area is 101 Å². The van der Waals surface area contributed by atoms with Crippen molar-refractivity contribution in [1.29, 1.82) is 0 Å². The zero-order valence-corrected chi connectivity index (χ0v) is 10.4. The van der Waals surface area contributed by atoms with E-state index in [9.17, 15) is 0 Å². The number of unbranched alkanes of at least 4 members (excludes halogenated alkanes) is 1. The number of hydrogen-bond acceptors (Lipinski definition) is 3. The van der Waals surface area contributed by atoms with Crippen LogP contribution in [0.5, 0.6) is 0 Å². The van der Waals surface area contributed by atoms with Crippen molar-refractivity contribution in [2.75, 3.05) is 6.54 Å². The molecule has 0 amide bonds. The summed E-state index contributed by atoms with van der Waals surface area (Å²) in [5.74, 6) is 0.799. The van der Waals surface area contributed by atoms with Crippen LogP contribution in [-0.2, 0) is 0 Å². The molecule has 4 nitrogen and oxygen atoms in total. The highest BCUT2D eigenvalue weighted by atomic mass is 16.3. The van der Waals surface area contributed by atoms with Crippen LogP contribution in [0, 0.1) is 0 Å².